The first-order valence-electron chi connectivity index (χ1n) is 9.70. The fourth-order valence-electron chi connectivity index (χ4n) is 3.70. The van der Waals surface area contributed by atoms with Crippen LogP contribution in [0.25, 0.3) is 0 Å². The molecule has 1 N–H and O–H groups in total. The maximum Gasteiger partial charge on any atom is 0.253 e. The Bertz CT molecular complexity index is 996. The number of anilines is 2. The predicted octanol–water partition coefficient (Wildman–Crippen LogP) is 1.22. The molecule has 0 spiro atoms. The molecule has 7 heteroatoms. The predicted molar refractivity (Wildman–Crippen MR) is 111 cm³/mol. The van der Waals surface area contributed by atoms with Crippen LogP contribution in [-0.2, 0) is 13.1 Å². The third-order valence-electron chi connectivity index (χ3n) is 5.24. The smallest absolute Gasteiger partial charge is 0.253 e. The summed E-state index contributed by atoms with van der Waals surface area (Å²) in [6.45, 7) is 7.32. The van der Waals surface area contributed by atoms with Gasteiger partial charge in [0.2, 0.25) is 0 Å². The Morgan fingerprint density at radius 1 is 1.00 bits per heavy atom. The summed E-state index contributed by atoms with van der Waals surface area (Å²) in [5, 5.41) is 7.48. The average Bonchev–Trinajstić information content (AvgIpc) is 3.14. The molecule has 3 aromatic rings. The third-order valence-corrected chi connectivity index (χ3v) is 5.24. The van der Waals surface area contributed by atoms with E-state index in [1.807, 2.05) is 34.8 Å². The van der Waals surface area contributed by atoms with Crippen molar-refractivity contribution in [3.8, 4) is 0 Å². The highest BCUT2D eigenvalue weighted by Gasteiger charge is 2.28. The maximum absolute atomic E-state index is 12.2. The summed E-state index contributed by atoms with van der Waals surface area (Å²) in [5.74, 6) is 0. The van der Waals surface area contributed by atoms with Crippen LogP contribution in [0.15, 0.2) is 52.2 Å². The summed E-state index contributed by atoms with van der Waals surface area (Å²) < 4.78 is 1.83. The molecule has 1 aromatic heterocycles. The number of nitrogens with zero attached hydrogens (tertiary/aromatic N) is 4. The Kier molecular flexibility index (Phi) is 5.25. The molecule has 1 fully saturated rings. The standard InChI is InChI=1S/C21H25N5O2/c1-16-7-9-26(23-16)10-8-22-18-19(21(28)20(18)27)25-13-11-24(12-14-25)15-17-5-3-2-4-6-17/h2-7,9,22H,8,10-15H2,1H3. The molecule has 1 aliphatic rings. The van der Waals surface area contributed by atoms with Gasteiger partial charge in [0.05, 0.1) is 12.2 Å². The highest BCUT2D eigenvalue weighted by molar-refractivity contribution is 5.75. The fourth-order valence-corrected chi connectivity index (χ4v) is 3.70. The number of rotatable bonds is 7. The van der Waals surface area contributed by atoms with Gasteiger partial charge in [-0.15, -0.1) is 0 Å². The minimum Gasteiger partial charge on any atom is -0.378 e. The van der Waals surface area contributed by atoms with Crippen molar-refractivity contribution in [2.75, 3.05) is 42.9 Å². The second kappa shape index (κ2) is 7.98. The third kappa shape index (κ3) is 3.84. The van der Waals surface area contributed by atoms with Gasteiger partial charge in [-0.1, -0.05) is 30.3 Å². The van der Waals surface area contributed by atoms with E-state index in [1.54, 1.807) is 0 Å². The molecule has 0 aliphatic carbocycles. The van der Waals surface area contributed by atoms with Crippen molar-refractivity contribution in [2.24, 2.45) is 0 Å². The molecular formula is C21H25N5O2. The van der Waals surface area contributed by atoms with Crippen LogP contribution in [0, 0.1) is 6.92 Å². The summed E-state index contributed by atoms with van der Waals surface area (Å²) in [6, 6.07) is 12.3. The molecular weight excluding hydrogens is 354 g/mol. The van der Waals surface area contributed by atoms with Crippen molar-refractivity contribution in [2.45, 2.75) is 20.0 Å². The number of hydrogen-bond acceptors (Lipinski definition) is 6. The van der Waals surface area contributed by atoms with Gasteiger partial charge in [0, 0.05) is 45.5 Å². The molecule has 0 bridgehead atoms. The van der Waals surface area contributed by atoms with Crippen LogP contribution in [0.1, 0.15) is 11.3 Å². The molecule has 28 heavy (non-hydrogen) atoms. The Morgan fingerprint density at radius 3 is 2.43 bits per heavy atom. The van der Waals surface area contributed by atoms with Crippen molar-refractivity contribution in [1.82, 2.24) is 14.7 Å². The molecule has 7 nitrogen and oxygen atoms in total. The lowest BCUT2D eigenvalue weighted by molar-refractivity contribution is 0.249. The van der Waals surface area contributed by atoms with Crippen LogP contribution >= 0.6 is 0 Å². The zero-order valence-corrected chi connectivity index (χ0v) is 16.1. The summed E-state index contributed by atoms with van der Waals surface area (Å²) in [6.07, 6.45) is 1.91. The van der Waals surface area contributed by atoms with E-state index in [2.05, 4.69) is 39.6 Å². The van der Waals surface area contributed by atoms with Gasteiger partial charge in [0.15, 0.2) is 0 Å². The highest BCUT2D eigenvalue weighted by atomic mass is 16.2. The quantitative estimate of drug-likeness (QED) is 0.623. The first-order chi connectivity index (χ1) is 13.6. The van der Waals surface area contributed by atoms with E-state index in [4.69, 9.17) is 0 Å². The van der Waals surface area contributed by atoms with Gasteiger partial charge in [-0.3, -0.25) is 19.2 Å². The second-order valence-electron chi connectivity index (χ2n) is 7.28. The van der Waals surface area contributed by atoms with E-state index in [1.165, 1.54) is 5.56 Å². The van der Waals surface area contributed by atoms with Crippen LogP contribution in [0.2, 0.25) is 0 Å². The minimum atomic E-state index is -0.404. The van der Waals surface area contributed by atoms with Gasteiger partial charge in [0.25, 0.3) is 10.9 Å². The van der Waals surface area contributed by atoms with E-state index < -0.39 is 5.43 Å². The summed E-state index contributed by atoms with van der Waals surface area (Å²) in [5.41, 5.74) is 2.50. The highest BCUT2D eigenvalue weighted by Crippen LogP contribution is 2.22. The molecule has 0 atom stereocenters. The average molecular weight is 379 g/mol. The molecule has 2 heterocycles. The van der Waals surface area contributed by atoms with Crippen molar-refractivity contribution in [3.05, 3.63) is 74.3 Å². The zero-order chi connectivity index (χ0) is 19.5. The van der Waals surface area contributed by atoms with Gasteiger partial charge in [0.1, 0.15) is 11.4 Å². The molecule has 4 rings (SSSR count). The lowest BCUT2D eigenvalue weighted by Crippen LogP contribution is -2.51. The first kappa shape index (κ1) is 18.4. The molecule has 2 aromatic carbocycles. The first-order valence-corrected chi connectivity index (χ1v) is 9.70. The topological polar surface area (TPSA) is 70.5 Å². The van der Waals surface area contributed by atoms with Crippen molar-refractivity contribution in [1.29, 1.82) is 0 Å². The van der Waals surface area contributed by atoms with E-state index in [0.717, 1.165) is 38.4 Å². The fraction of sp³-hybridized carbons (Fsp3) is 0.381. The largest absolute Gasteiger partial charge is 0.378 e. The van der Waals surface area contributed by atoms with E-state index in [0.29, 0.717) is 24.5 Å². The lowest BCUT2D eigenvalue weighted by atomic mass is 10.1. The van der Waals surface area contributed by atoms with E-state index >= 15 is 0 Å². The van der Waals surface area contributed by atoms with Crippen molar-refractivity contribution in [3.63, 3.8) is 0 Å². The van der Waals surface area contributed by atoms with Crippen molar-refractivity contribution >= 4 is 11.4 Å². The molecule has 1 saturated heterocycles. The Labute approximate surface area is 163 Å². The summed E-state index contributed by atoms with van der Waals surface area (Å²) in [4.78, 5) is 28.6. The van der Waals surface area contributed by atoms with Gasteiger partial charge >= 0.3 is 0 Å². The van der Waals surface area contributed by atoms with Crippen LogP contribution in [-0.4, -0.2) is 47.4 Å². The molecule has 0 radical (unpaired) electrons. The number of piperazine rings is 1. The van der Waals surface area contributed by atoms with Gasteiger partial charge in [-0.25, -0.2) is 0 Å². The Morgan fingerprint density at radius 2 is 1.75 bits per heavy atom. The second-order valence-corrected chi connectivity index (χ2v) is 7.28. The van der Waals surface area contributed by atoms with Gasteiger partial charge < -0.3 is 10.2 Å². The number of aromatic nitrogens is 2. The Balaban J connectivity index is 1.33. The SMILES string of the molecule is Cc1ccn(CCNc2c(N3CCN(Cc4ccccc4)CC3)c(=O)c2=O)n1. The van der Waals surface area contributed by atoms with Crippen LogP contribution < -0.4 is 21.1 Å². The number of nitrogens with one attached hydrogen (secondary N) is 1. The lowest BCUT2D eigenvalue weighted by Gasteiger charge is -2.37. The molecule has 0 unspecified atom stereocenters. The normalized spacial score (nSPS) is 15.2. The maximum atomic E-state index is 12.2. The molecule has 0 amide bonds. The minimum absolute atomic E-state index is 0.367. The summed E-state index contributed by atoms with van der Waals surface area (Å²) >= 11 is 0. The van der Waals surface area contributed by atoms with Crippen LogP contribution in [0.5, 0.6) is 0 Å². The molecule has 0 saturated carbocycles. The molecule has 1 aliphatic heterocycles. The van der Waals surface area contributed by atoms with E-state index in [9.17, 15) is 9.59 Å². The monoisotopic (exact) mass is 379 g/mol. The van der Waals surface area contributed by atoms with Crippen LogP contribution in [0.3, 0.4) is 0 Å². The van der Waals surface area contributed by atoms with Crippen LogP contribution in [0.4, 0.5) is 11.4 Å². The number of benzene rings is 1. The molecule has 146 valence electrons. The number of aryl methyl sites for hydroxylation is 1. The zero-order valence-electron chi connectivity index (χ0n) is 16.1. The Hall–Kier alpha value is -2.93. The van der Waals surface area contributed by atoms with Gasteiger partial charge in [-0.05, 0) is 18.6 Å². The van der Waals surface area contributed by atoms with Crippen molar-refractivity contribution < 1.29 is 0 Å². The van der Waals surface area contributed by atoms with E-state index in [-0.39, 0.29) is 5.43 Å². The number of hydrogen-bond donors (Lipinski definition) is 1. The summed E-state index contributed by atoms with van der Waals surface area (Å²) in [7, 11) is 0. The van der Waals surface area contributed by atoms with Gasteiger partial charge in [-0.2, -0.15) is 5.10 Å².